The second-order valence-corrected chi connectivity index (χ2v) is 7.88. The van der Waals surface area contributed by atoms with Gasteiger partial charge in [-0.05, 0) is 60.5 Å². The molecule has 0 radical (unpaired) electrons. The normalized spacial score (nSPS) is 10.8. The van der Waals surface area contributed by atoms with Gasteiger partial charge in [-0.3, -0.25) is 9.59 Å². The molecule has 6 nitrogen and oxygen atoms in total. The Bertz CT molecular complexity index is 1280. The summed E-state index contributed by atoms with van der Waals surface area (Å²) in [6, 6.07) is 20.8. The number of para-hydroxylation sites is 1. The molecule has 0 saturated carbocycles. The molecule has 168 valence electrons. The molecule has 4 aromatic rings. The molecule has 3 aromatic carbocycles. The van der Waals surface area contributed by atoms with Gasteiger partial charge in [-0.25, -0.2) is 0 Å². The lowest BCUT2D eigenvalue weighted by atomic mass is 10.1. The highest BCUT2D eigenvalue weighted by atomic mass is 16.5. The van der Waals surface area contributed by atoms with E-state index in [1.54, 1.807) is 38.5 Å². The molecule has 0 fully saturated rings. The third-order valence-electron chi connectivity index (χ3n) is 5.56. The van der Waals surface area contributed by atoms with E-state index in [4.69, 9.17) is 9.47 Å². The lowest BCUT2D eigenvalue weighted by Gasteiger charge is -2.10. The molecule has 33 heavy (non-hydrogen) atoms. The molecule has 0 spiro atoms. The lowest BCUT2D eigenvalue weighted by molar-refractivity contribution is -0.115. The maximum absolute atomic E-state index is 12.8. The Morgan fingerprint density at radius 1 is 0.909 bits per heavy atom. The van der Waals surface area contributed by atoms with Crippen LogP contribution >= 0.6 is 0 Å². The Kier molecular flexibility index (Phi) is 6.45. The molecule has 1 N–H and O–H groups in total. The summed E-state index contributed by atoms with van der Waals surface area (Å²) in [5.74, 6) is 1.35. The van der Waals surface area contributed by atoms with E-state index in [1.165, 1.54) is 6.92 Å². The summed E-state index contributed by atoms with van der Waals surface area (Å²) in [5.41, 5.74) is 4.31. The van der Waals surface area contributed by atoms with Crippen LogP contribution in [0.1, 0.15) is 28.4 Å². The van der Waals surface area contributed by atoms with E-state index in [2.05, 4.69) is 16.0 Å². The van der Waals surface area contributed by atoms with Gasteiger partial charge in [0.25, 0.3) is 0 Å². The number of anilines is 1. The second kappa shape index (κ2) is 9.61. The van der Waals surface area contributed by atoms with Crippen LogP contribution in [0, 0.1) is 0 Å². The number of fused-ring (bicyclic) bond motifs is 1. The molecule has 0 aliphatic rings. The SMILES string of the molecule is COc1cc(Cn2cc(CC(=O)Nc3ccc(C(C)=O)cc3)c3ccccc32)cc(OC)c1. The van der Waals surface area contributed by atoms with Crippen LogP contribution < -0.4 is 14.8 Å². The van der Waals surface area contributed by atoms with Crippen molar-refractivity contribution in [1.29, 1.82) is 0 Å². The molecule has 1 amide bonds. The summed E-state index contributed by atoms with van der Waals surface area (Å²) in [6.07, 6.45) is 2.26. The van der Waals surface area contributed by atoms with E-state index in [-0.39, 0.29) is 18.1 Å². The molecule has 0 unspecified atom stereocenters. The number of carbonyl (C=O) groups excluding carboxylic acids is 2. The molecular formula is C27H26N2O4. The Balaban J connectivity index is 1.57. The number of carbonyl (C=O) groups is 2. The van der Waals surface area contributed by atoms with Crippen LogP contribution in [0.15, 0.2) is 72.9 Å². The van der Waals surface area contributed by atoms with Crippen LogP contribution in [0.3, 0.4) is 0 Å². The third-order valence-corrected chi connectivity index (χ3v) is 5.56. The highest BCUT2D eigenvalue weighted by Gasteiger charge is 2.13. The highest BCUT2D eigenvalue weighted by molar-refractivity contribution is 5.97. The zero-order valence-electron chi connectivity index (χ0n) is 18.9. The minimum atomic E-state index is -0.114. The number of hydrogen-bond acceptors (Lipinski definition) is 4. The fraction of sp³-hybridized carbons (Fsp3) is 0.185. The minimum Gasteiger partial charge on any atom is -0.497 e. The standard InChI is InChI=1S/C27H26N2O4/c1-18(30)20-8-10-22(11-9-20)28-27(31)14-21-17-29(26-7-5-4-6-25(21)26)16-19-12-23(32-2)15-24(13-19)33-3/h4-13,15,17H,14,16H2,1-3H3,(H,28,31). The number of rotatable bonds is 8. The number of methoxy groups -OCH3 is 2. The van der Waals surface area contributed by atoms with Crippen molar-refractivity contribution in [1.82, 2.24) is 4.57 Å². The molecule has 0 aliphatic carbocycles. The Labute approximate surface area is 192 Å². The quantitative estimate of drug-likeness (QED) is 0.386. The number of Topliss-reactive ketones (excluding diaryl/α,β-unsaturated/α-hetero) is 1. The molecule has 0 saturated heterocycles. The Hall–Kier alpha value is -4.06. The van der Waals surface area contributed by atoms with E-state index in [1.807, 2.05) is 42.6 Å². The first-order valence-corrected chi connectivity index (χ1v) is 10.7. The van der Waals surface area contributed by atoms with Crippen molar-refractivity contribution in [2.45, 2.75) is 19.9 Å². The molecule has 0 aliphatic heterocycles. The highest BCUT2D eigenvalue weighted by Crippen LogP contribution is 2.27. The van der Waals surface area contributed by atoms with Gasteiger partial charge in [-0.2, -0.15) is 0 Å². The van der Waals surface area contributed by atoms with E-state index >= 15 is 0 Å². The van der Waals surface area contributed by atoms with Gasteiger partial charge in [-0.15, -0.1) is 0 Å². The van der Waals surface area contributed by atoms with Crippen LogP contribution in [-0.4, -0.2) is 30.5 Å². The average molecular weight is 443 g/mol. The Morgan fingerprint density at radius 3 is 2.21 bits per heavy atom. The molecule has 6 heteroatoms. The molecule has 4 rings (SSSR count). The van der Waals surface area contributed by atoms with E-state index < -0.39 is 0 Å². The predicted molar refractivity (Wildman–Crippen MR) is 129 cm³/mol. The molecule has 1 aromatic heterocycles. The van der Waals surface area contributed by atoms with E-state index in [9.17, 15) is 9.59 Å². The first kappa shape index (κ1) is 22.1. The van der Waals surface area contributed by atoms with Gasteiger partial charge in [0.15, 0.2) is 5.78 Å². The summed E-state index contributed by atoms with van der Waals surface area (Å²) >= 11 is 0. The van der Waals surface area contributed by atoms with Crippen molar-refractivity contribution in [3.05, 3.63) is 89.6 Å². The van der Waals surface area contributed by atoms with Crippen LogP contribution in [0.2, 0.25) is 0 Å². The maximum Gasteiger partial charge on any atom is 0.228 e. The fourth-order valence-electron chi connectivity index (χ4n) is 3.92. The van der Waals surface area contributed by atoms with Crippen LogP contribution in [0.5, 0.6) is 11.5 Å². The third kappa shape index (κ3) is 5.06. The van der Waals surface area contributed by atoms with Crippen molar-refractivity contribution in [2.24, 2.45) is 0 Å². The number of hydrogen-bond donors (Lipinski definition) is 1. The first-order chi connectivity index (χ1) is 16.0. The largest absolute Gasteiger partial charge is 0.497 e. The van der Waals surface area contributed by atoms with Gasteiger partial charge >= 0.3 is 0 Å². The van der Waals surface area contributed by atoms with Crippen molar-refractivity contribution in [3.63, 3.8) is 0 Å². The average Bonchev–Trinajstić information content (AvgIpc) is 3.16. The number of ketones is 1. The number of nitrogens with one attached hydrogen (secondary N) is 1. The number of amides is 1. The zero-order chi connectivity index (χ0) is 23.4. The number of nitrogens with zero attached hydrogens (tertiary/aromatic N) is 1. The first-order valence-electron chi connectivity index (χ1n) is 10.7. The topological polar surface area (TPSA) is 69.6 Å². The monoisotopic (exact) mass is 442 g/mol. The van der Waals surface area contributed by atoms with Crippen molar-refractivity contribution >= 4 is 28.3 Å². The van der Waals surface area contributed by atoms with Crippen LogP contribution in [-0.2, 0) is 17.8 Å². The van der Waals surface area contributed by atoms with Crippen LogP contribution in [0.25, 0.3) is 10.9 Å². The summed E-state index contributed by atoms with van der Waals surface area (Å²) in [4.78, 5) is 24.2. The second-order valence-electron chi connectivity index (χ2n) is 7.88. The van der Waals surface area contributed by atoms with Gasteiger partial charge in [0, 0.05) is 41.0 Å². The van der Waals surface area contributed by atoms with E-state index in [0.29, 0.717) is 17.8 Å². The molecule has 0 atom stereocenters. The van der Waals surface area contributed by atoms with Crippen molar-refractivity contribution in [3.8, 4) is 11.5 Å². The predicted octanol–water partition coefficient (Wildman–Crippen LogP) is 5.09. The van der Waals surface area contributed by atoms with Crippen molar-refractivity contribution in [2.75, 3.05) is 19.5 Å². The molecule has 0 bridgehead atoms. The van der Waals surface area contributed by atoms with Gasteiger partial charge in [0.05, 0.1) is 20.6 Å². The van der Waals surface area contributed by atoms with Gasteiger partial charge in [0.1, 0.15) is 11.5 Å². The fourth-order valence-corrected chi connectivity index (χ4v) is 3.92. The van der Waals surface area contributed by atoms with Crippen LogP contribution in [0.4, 0.5) is 5.69 Å². The molecular weight excluding hydrogens is 416 g/mol. The van der Waals surface area contributed by atoms with Gasteiger partial charge in [-0.1, -0.05) is 18.2 Å². The summed E-state index contributed by atoms with van der Waals surface area (Å²) in [7, 11) is 3.27. The number of benzene rings is 3. The van der Waals surface area contributed by atoms with E-state index in [0.717, 1.165) is 33.5 Å². The molecule has 1 heterocycles. The zero-order valence-corrected chi connectivity index (χ0v) is 18.9. The van der Waals surface area contributed by atoms with Gasteiger partial charge in [0.2, 0.25) is 5.91 Å². The lowest BCUT2D eigenvalue weighted by Crippen LogP contribution is -2.14. The number of ether oxygens (including phenoxy) is 2. The van der Waals surface area contributed by atoms with Crippen molar-refractivity contribution < 1.29 is 19.1 Å². The smallest absolute Gasteiger partial charge is 0.228 e. The maximum atomic E-state index is 12.8. The Morgan fingerprint density at radius 2 is 1.58 bits per heavy atom. The summed E-state index contributed by atoms with van der Waals surface area (Å²) in [5, 5.41) is 3.95. The minimum absolute atomic E-state index is 0.00524. The summed E-state index contributed by atoms with van der Waals surface area (Å²) < 4.78 is 12.9. The summed E-state index contributed by atoms with van der Waals surface area (Å²) in [6.45, 7) is 2.13. The van der Waals surface area contributed by atoms with Gasteiger partial charge < -0.3 is 19.4 Å². The number of aromatic nitrogens is 1.